The van der Waals surface area contributed by atoms with Crippen molar-refractivity contribution in [3.63, 3.8) is 0 Å². The Bertz CT molecular complexity index is 523. The Hall–Kier alpha value is -2.50. The average molecular weight is 233 g/mol. The molecule has 88 valence electrons. The van der Waals surface area contributed by atoms with Gasteiger partial charge in [0.25, 0.3) is 0 Å². The molecule has 0 atom stereocenters. The number of anilines is 2. The van der Waals surface area contributed by atoms with Crippen LogP contribution < -0.4 is 11.1 Å². The topological polar surface area (TPSA) is 101 Å². The summed E-state index contributed by atoms with van der Waals surface area (Å²) in [4.78, 5) is 14.8. The van der Waals surface area contributed by atoms with E-state index in [4.69, 9.17) is 15.3 Å². The predicted octanol–water partition coefficient (Wildman–Crippen LogP) is 1.57. The second kappa shape index (κ2) is 4.56. The molecule has 0 spiro atoms. The van der Waals surface area contributed by atoms with Gasteiger partial charge in [-0.25, -0.2) is 9.78 Å². The quantitative estimate of drug-likeness (QED) is 0.740. The zero-order valence-electron chi connectivity index (χ0n) is 8.88. The second-order valence-electron chi connectivity index (χ2n) is 3.41. The molecule has 0 aromatic carbocycles. The molecular weight excluding hydrogens is 222 g/mol. The Morgan fingerprint density at radius 2 is 2.35 bits per heavy atom. The average Bonchev–Trinajstić information content (AvgIpc) is 2.80. The van der Waals surface area contributed by atoms with E-state index in [2.05, 4.69) is 10.3 Å². The van der Waals surface area contributed by atoms with Crippen molar-refractivity contribution in [1.82, 2.24) is 4.98 Å². The van der Waals surface area contributed by atoms with Gasteiger partial charge < -0.3 is 20.6 Å². The summed E-state index contributed by atoms with van der Waals surface area (Å²) in [6.07, 6.45) is 4.54. The highest BCUT2D eigenvalue weighted by molar-refractivity contribution is 5.96. The van der Waals surface area contributed by atoms with E-state index in [1.807, 2.05) is 0 Å². The van der Waals surface area contributed by atoms with Gasteiger partial charge in [0.2, 0.25) is 0 Å². The van der Waals surface area contributed by atoms with Crippen LogP contribution in [-0.4, -0.2) is 16.1 Å². The summed E-state index contributed by atoms with van der Waals surface area (Å²) in [7, 11) is 0. The molecular formula is C11H11N3O3. The van der Waals surface area contributed by atoms with Crippen molar-refractivity contribution in [2.24, 2.45) is 0 Å². The van der Waals surface area contributed by atoms with Crippen LogP contribution in [0.15, 0.2) is 35.3 Å². The highest BCUT2D eigenvalue weighted by Crippen LogP contribution is 2.20. The molecule has 0 unspecified atom stereocenters. The monoisotopic (exact) mass is 233 g/mol. The Morgan fingerprint density at radius 1 is 1.53 bits per heavy atom. The molecule has 2 heterocycles. The molecule has 2 aromatic heterocycles. The van der Waals surface area contributed by atoms with Gasteiger partial charge in [0.05, 0.1) is 23.8 Å². The predicted molar refractivity (Wildman–Crippen MR) is 61.6 cm³/mol. The summed E-state index contributed by atoms with van der Waals surface area (Å²) >= 11 is 0. The standard InChI is InChI=1S/C11H11N3O3/c12-9-8(11(15)16)1-3-13-10(9)14-5-7-2-4-17-6-7/h1-4,6H,5,12H2,(H,13,14)(H,15,16). The van der Waals surface area contributed by atoms with Gasteiger partial charge in [-0.15, -0.1) is 0 Å². The van der Waals surface area contributed by atoms with E-state index < -0.39 is 5.97 Å². The van der Waals surface area contributed by atoms with Crippen molar-refractivity contribution in [1.29, 1.82) is 0 Å². The summed E-state index contributed by atoms with van der Waals surface area (Å²) in [6, 6.07) is 3.16. The van der Waals surface area contributed by atoms with E-state index in [1.54, 1.807) is 18.6 Å². The second-order valence-corrected chi connectivity index (χ2v) is 3.41. The lowest BCUT2D eigenvalue weighted by molar-refractivity contribution is 0.0698. The maximum Gasteiger partial charge on any atom is 0.337 e. The maximum absolute atomic E-state index is 10.9. The maximum atomic E-state index is 10.9. The van der Waals surface area contributed by atoms with E-state index in [1.165, 1.54) is 12.3 Å². The van der Waals surface area contributed by atoms with Gasteiger partial charge in [0, 0.05) is 18.3 Å². The first-order valence-electron chi connectivity index (χ1n) is 4.91. The summed E-state index contributed by atoms with van der Waals surface area (Å²) in [5.41, 5.74) is 6.78. The Morgan fingerprint density at radius 3 is 3.00 bits per heavy atom. The van der Waals surface area contributed by atoms with E-state index in [9.17, 15) is 4.79 Å². The number of carboxylic acid groups (broad SMARTS) is 1. The number of rotatable bonds is 4. The minimum atomic E-state index is -1.07. The van der Waals surface area contributed by atoms with Crippen molar-refractivity contribution in [2.45, 2.75) is 6.54 Å². The largest absolute Gasteiger partial charge is 0.478 e. The number of pyridine rings is 1. The van der Waals surface area contributed by atoms with E-state index in [0.717, 1.165) is 5.56 Å². The fraction of sp³-hybridized carbons (Fsp3) is 0.0909. The van der Waals surface area contributed by atoms with Crippen LogP contribution in [0.25, 0.3) is 0 Å². The van der Waals surface area contributed by atoms with E-state index >= 15 is 0 Å². The molecule has 0 saturated heterocycles. The molecule has 6 heteroatoms. The first-order valence-corrected chi connectivity index (χ1v) is 4.91. The van der Waals surface area contributed by atoms with Crippen LogP contribution in [-0.2, 0) is 6.54 Å². The summed E-state index contributed by atoms with van der Waals surface area (Å²) in [5, 5.41) is 11.8. The highest BCUT2D eigenvalue weighted by atomic mass is 16.4. The van der Waals surface area contributed by atoms with E-state index in [0.29, 0.717) is 12.4 Å². The van der Waals surface area contributed by atoms with Gasteiger partial charge in [-0.1, -0.05) is 0 Å². The van der Waals surface area contributed by atoms with Crippen molar-refractivity contribution in [3.05, 3.63) is 42.0 Å². The molecule has 6 nitrogen and oxygen atoms in total. The first-order chi connectivity index (χ1) is 8.18. The summed E-state index contributed by atoms with van der Waals surface area (Å²) in [6.45, 7) is 0.469. The minimum absolute atomic E-state index is 0.0368. The number of nitrogens with one attached hydrogen (secondary N) is 1. The number of aromatic carboxylic acids is 1. The van der Waals surface area contributed by atoms with Crippen molar-refractivity contribution >= 4 is 17.5 Å². The van der Waals surface area contributed by atoms with Crippen LogP contribution in [0.3, 0.4) is 0 Å². The third-order valence-corrected chi connectivity index (χ3v) is 2.26. The van der Waals surface area contributed by atoms with Crippen LogP contribution >= 0.6 is 0 Å². The van der Waals surface area contributed by atoms with Crippen LogP contribution in [0.4, 0.5) is 11.5 Å². The summed E-state index contributed by atoms with van der Waals surface area (Å²) < 4.78 is 4.91. The van der Waals surface area contributed by atoms with Crippen molar-refractivity contribution in [3.8, 4) is 0 Å². The molecule has 0 aliphatic carbocycles. The number of nitrogens with two attached hydrogens (primary N) is 1. The number of carboxylic acids is 1. The van der Waals surface area contributed by atoms with Crippen LogP contribution in [0.1, 0.15) is 15.9 Å². The zero-order chi connectivity index (χ0) is 12.3. The molecule has 0 radical (unpaired) electrons. The molecule has 0 saturated carbocycles. The fourth-order valence-electron chi connectivity index (χ4n) is 1.38. The molecule has 2 rings (SSSR count). The number of nitrogens with zero attached hydrogens (tertiary/aromatic N) is 1. The third-order valence-electron chi connectivity index (χ3n) is 2.26. The number of hydrogen-bond donors (Lipinski definition) is 3. The number of furan rings is 1. The van der Waals surface area contributed by atoms with Crippen molar-refractivity contribution in [2.75, 3.05) is 11.1 Å². The third kappa shape index (κ3) is 2.36. The molecule has 0 fully saturated rings. The fourth-order valence-corrected chi connectivity index (χ4v) is 1.38. The lowest BCUT2D eigenvalue weighted by Crippen LogP contribution is -2.09. The lowest BCUT2D eigenvalue weighted by Gasteiger charge is -2.08. The molecule has 0 aliphatic heterocycles. The Labute approximate surface area is 97.1 Å². The molecule has 17 heavy (non-hydrogen) atoms. The molecule has 0 aliphatic rings. The lowest BCUT2D eigenvalue weighted by atomic mass is 10.2. The van der Waals surface area contributed by atoms with Gasteiger partial charge >= 0.3 is 5.97 Å². The van der Waals surface area contributed by atoms with E-state index in [-0.39, 0.29) is 11.3 Å². The highest BCUT2D eigenvalue weighted by Gasteiger charge is 2.11. The van der Waals surface area contributed by atoms with Gasteiger partial charge in [0.15, 0.2) is 0 Å². The first kappa shape index (κ1) is 11.0. The van der Waals surface area contributed by atoms with Gasteiger partial charge in [0.1, 0.15) is 5.82 Å². The zero-order valence-corrected chi connectivity index (χ0v) is 8.88. The Balaban J connectivity index is 2.16. The number of nitrogen functional groups attached to an aromatic ring is 1. The number of hydrogen-bond acceptors (Lipinski definition) is 5. The minimum Gasteiger partial charge on any atom is -0.478 e. The normalized spacial score (nSPS) is 10.1. The smallest absolute Gasteiger partial charge is 0.337 e. The van der Waals surface area contributed by atoms with Crippen LogP contribution in [0.2, 0.25) is 0 Å². The SMILES string of the molecule is Nc1c(C(=O)O)ccnc1NCc1ccoc1. The van der Waals surface area contributed by atoms with Gasteiger partial charge in [-0.05, 0) is 12.1 Å². The van der Waals surface area contributed by atoms with Crippen LogP contribution in [0, 0.1) is 0 Å². The Kier molecular flexibility index (Phi) is 2.95. The van der Waals surface area contributed by atoms with Crippen LogP contribution in [0.5, 0.6) is 0 Å². The van der Waals surface area contributed by atoms with Gasteiger partial charge in [-0.3, -0.25) is 0 Å². The molecule has 0 bridgehead atoms. The molecule has 0 amide bonds. The van der Waals surface area contributed by atoms with Gasteiger partial charge in [-0.2, -0.15) is 0 Å². The molecule has 4 N–H and O–H groups in total. The number of carbonyl (C=O) groups is 1. The summed E-state index contributed by atoms with van der Waals surface area (Å²) in [5.74, 6) is -0.720. The number of aromatic nitrogens is 1. The van der Waals surface area contributed by atoms with Crippen molar-refractivity contribution < 1.29 is 14.3 Å². The molecule has 2 aromatic rings.